The topological polar surface area (TPSA) is 80.1 Å². The zero-order valence-corrected chi connectivity index (χ0v) is 18.4. The van der Waals surface area contributed by atoms with E-state index in [0.717, 1.165) is 37.2 Å². The average molecular weight is 456 g/mol. The van der Waals surface area contributed by atoms with Crippen LogP contribution in [0.5, 0.6) is 0 Å². The van der Waals surface area contributed by atoms with Gasteiger partial charge in [-0.3, -0.25) is 14.2 Å². The Hall–Kier alpha value is -2.84. The van der Waals surface area contributed by atoms with Crippen LogP contribution in [0.4, 0.5) is 0 Å². The van der Waals surface area contributed by atoms with Gasteiger partial charge < -0.3 is 10.2 Å². The van der Waals surface area contributed by atoms with Gasteiger partial charge in [0.1, 0.15) is 6.33 Å². The van der Waals surface area contributed by atoms with Crippen molar-refractivity contribution in [1.29, 1.82) is 0 Å². The fourth-order valence-corrected chi connectivity index (χ4v) is 4.37. The molecular formula is C22H22ClN5O2S. The van der Waals surface area contributed by atoms with Crippen LogP contribution in [-0.2, 0) is 11.3 Å². The molecule has 1 aliphatic heterocycles. The molecule has 7 nitrogen and oxygen atoms in total. The number of thioether (sulfide) groups is 1. The Balaban J connectivity index is 1.31. The third kappa shape index (κ3) is 5.45. The lowest BCUT2D eigenvalue weighted by atomic mass is 10.1. The first-order valence-electron chi connectivity index (χ1n) is 10.0. The summed E-state index contributed by atoms with van der Waals surface area (Å²) in [6.07, 6.45) is 3.71. The second-order valence-electron chi connectivity index (χ2n) is 7.23. The number of hydrogen-bond acceptors (Lipinski definition) is 5. The lowest BCUT2D eigenvalue weighted by Gasteiger charge is -2.15. The summed E-state index contributed by atoms with van der Waals surface area (Å²) < 4.78 is 1.79. The summed E-state index contributed by atoms with van der Waals surface area (Å²) in [6, 6.07) is 14.8. The minimum absolute atomic E-state index is 0.0570. The molecule has 1 aliphatic rings. The van der Waals surface area contributed by atoms with Gasteiger partial charge in [0, 0.05) is 30.2 Å². The molecule has 3 aromatic rings. The van der Waals surface area contributed by atoms with E-state index in [1.807, 2.05) is 47.4 Å². The van der Waals surface area contributed by atoms with Crippen LogP contribution in [-0.4, -0.2) is 50.3 Å². The highest BCUT2D eigenvalue weighted by Gasteiger charge is 2.19. The number of benzene rings is 2. The molecule has 2 amide bonds. The molecule has 0 bridgehead atoms. The molecular weight excluding hydrogens is 434 g/mol. The average Bonchev–Trinajstić information content (AvgIpc) is 3.48. The number of hydrogen-bond donors (Lipinski definition) is 1. The standard InChI is InChI=1S/C22H22ClN5O2S/c23-18-7-4-8-19(12-18)28-15-25-26-22(28)31-14-20(29)24-13-16-5-3-6-17(11-16)21(30)27-9-1-2-10-27/h3-8,11-12,15H,1-2,9-10,13-14H2,(H,24,29). The van der Waals surface area contributed by atoms with Gasteiger partial charge in [-0.05, 0) is 48.7 Å². The van der Waals surface area contributed by atoms with Crippen molar-refractivity contribution in [3.05, 3.63) is 71.0 Å². The van der Waals surface area contributed by atoms with Gasteiger partial charge in [-0.25, -0.2) is 0 Å². The maximum Gasteiger partial charge on any atom is 0.253 e. The molecule has 0 spiro atoms. The summed E-state index contributed by atoms with van der Waals surface area (Å²) in [5.41, 5.74) is 2.39. The SMILES string of the molecule is O=C(CSc1nncn1-c1cccc(Cl)c1)NCc1cccc(C(=O)N2CCCC2)c1. The normalized spacial score (nSPS) is 13.4. The minimum atomic E-state index is -0.123. The summed E-state index contributed by atoms with van der Waals surface area (Å²) >= 11 is 7.36. The van der Waals surface area contributed by atoms with E-state index in [9.17, 15) is 9.59 Å². The zero-order valence-electron chi connectivity index (χ0n) is 16.8. The number of carbonyl (C=O) groups is 2. The number of nitrogens with zero attached hydrogens (tertiary/aromatic N) is 4. The smallest absolute Gasteiger partial charge is 0.253 e. The molecule has 0 aliphatic carbocycles. The highest BCUT2D eigenvalue weighted by Crippen LogP contribution is 2.21. The Bertz CT molecular complexity index is 1080. The van der Waals surface area contributed by atoms with Crippen LogP contribution in [0.15, 0.2) is 60.0 Å². The van der Waals surface area contributed by atoms with E-state index in [2.05, 4.69) is 15.5 Å². The number of halogens is 1. The summed E-state index contributed by atoms with van der Waals surface area (Å²) in [6.45, 7) is 2.00. The van der Waals surface area contributed by atoms with Crippen LogP contribution >= 0.6 is 23.4 Å². The first-order chi connectivity index (χ1) is 15.1. The number of aromatic nitrogens is 3. The van der Waals surface area contributed by atoms with Crippen LogP contribution in [0.3, 0.4) is 0 Å². The molecule has 160 valence electrons. The third-order valence-electron chi connectivity index (χ3n) is 4.99. The van der Waals surface area contributed by atoms with E-state index in [4.69, 9.17) is 11.6 Å². The Morgan fingerprint density at radius 3 is 2.71 bits per heavy atom. The van der Waals surface area contributed by atoms with E-state index in [1.54, 1.807) is 17.0 Å². The fourth-order valence-electron chi connectivity index (χ4n) is 3.42. The minimum Gasteiger partial charge on any atom is -0.351 e. The van der Waals surface area contributed by atoms with Crippen molar-refractivity contribution in [3.63, 3.8) is 0 Å². The number of amides is 2. The number of nitrogens with one attached hydrogen (secondary N) is 1. The molecule has 2 aromatic carbocycles. The van der Waals surface area contributed by atoms with Crippen molar-refractivity contribution in [1.82, 2.24) is 25.0 Å². The van der Waals surface area contributed by atoms with E-state index >= 15 is 0 Å². The first-order valence-corrected chi connectivity index (χ1v) is 11.4. The summed E-state index contributed by atoms with van der Waals surface area (Å²) in [5.74, 6) is 0.134. The molecule has 4 rings (SSSR count). The predicted molar refractivity (Wildman–Crippen MR) is 121 cm³/mol. The van der Waals surface area contributed by atoms with Gasteiger partial charge in [0.2, 0.25) is 5.91 Å². The lowest BCUT2D eigenvalue weighted by molar-refractivity contribution is -0.118. The highest BCUT2D eigenvalue weighted by molar-refractivity contribution is 7.99. The van der Waals surface area contributed by atoms with Crippen LogP contribution < -0.4 is 5.32 Å². The first kappa shape index (κ1) is 21.4. The molecule has 0 unspecified atom stereocenters. The van der Waals surface area contributed by atoms with Crippen molar-refractivity contribution in [2.75, 3.05) is 18.8 Å². The Morgan fingerprint density at radius 1 is 1.10 bits per heavy atom. The van der Waals surface area contributed by atoms with Gasteiger partial charge >= 0.3 is 0 Å². The summed E-state index contributed by atoms with van der Waals surface area (Å²) in [7, 11) is 0. The quantitative estimate of drug-likeness (QED) is 0.551. The van der Waals surface area contributed by atoms with Crippen LogP contribution in [0.2, 0.25) is 5.02 Å². The van der Waals surface area contributed by atoms with E-state index in [-0.39, 0.29) is 17.6 Å². The molecule has 0 saturated carbocycles. The molecule has 1 saturated heterocycles. The number of carbonyl (C=O) groups excluding carboxylic acids is 2. The molecule has 0 radical (unpaired) electrons. The molecule has 1 N–H and O–H groups in total. The lowest BCUT2D eigenvalue weighted by Crippen LogP contribution is -2.28. The Kier molecular flexibility index (Phi) is 6.89. The largest absolute Gasteiger partial charge is 0.351 e. The maximum atomic E-state index is 12.6. The predicted octanol–water partition coefficient (Wildman–Crippen LogP) is 3.57. The van der Waals surface area contributed by atoms with Crippen LogP contribution in [0.1, 0.15) is 28.8 Å². The number of likely N-dealkylation sites (tertiary alicyclic amines) is 1. The zero-order chi connectivity index (χ0) is 21.6. The van der Waals surface area contributed by atoms with Crippen LogP contribution in [0, 0.1) is 0 Å². The monoisotopic (exact) mass is 455 g/mol. The van der Waals surface area contributed by atoms with Crippen molar-refractivity contribution < 1.29 is 9.59 Å². The van der Waals surface area contributed by atoms with Crippen molar-refractivity contribution in [2.45, 2.75) is 24.5 Å². The molecule has 1 fully saturated rings. The molecule has 9 heteroatoms. The summed E-state index contributed by atoms with van der Waals surface area (Å²) in [5, 5.41) is 12.2. The van der Waals surface area contributed by atoms with Gasteiger partial charge in [0.15, 0.2) is 5.16 Å². The van der Waals surface area contributed by atoms with Crippen LogP contribution in [0.25, 0.3) is 5.69 Å². The molecule has 2 heterocycles. The van der Waals surface area contributed by atoms with E-state index in [0.29, 0.717) is 22.3 Å². The van der Waals surface area contributed by atoms with Gasteiger partial charge in [-0.15, -0.1) is 10.2 Å². The van der Waals surface area contributed by atoms with Gasteiger partial charge in [-0.2, -0.15) is 0 Å². The van der Waals surface area contributed by atoms with Gasteiger partial charge in [-0.1, -0.05) is 41.6 Å². The summed E-state index contributed by atoms with van der Waals surface area (Å²) in [4.78, 5) is 26.8. The highest BCUT2D eigenvalue weighted by atomic mass is 35.5. The number of rotatable bonds is 7. The van der Waals surface area contributed by atoms with Crippen molar-refractivity contribution >= 4 is 35.2 Å². The third-order valence-corrected chi connectivity index (χ3v) is 6.17. The molecule has 31 heavy (non-hydrogen) atoms. The Labute approximate surface area is 189 Å². The Morgan fingerprint density at radius 2 is 1.90 bits per heavy atom. The van der Waals surface area contributed by atoms with E-state index < -0.39 is 0 Å². The van der Waals surface area contributed by atoms with Crippen molar-refractivity contribution in [2.24, 2.45) is 0 Å². The van der Waals surface area contributed by atoms with E-state index in [1.165, 1.54) is 11.8 Å². The molecule has 0 atom stereocenters. The van der Waals surface area contributed by atoms with Gasteiger partial charge in [0.05, 0.1) is 11.4 Å². The molecule has 1 aromatic heterocycles. The second-order valence-corrected chi connectivity index (χ2v) is 8.61. The van der Waals surface area contributed by atoms with Gasteiger partial charge in [0.25, 0.3) is 5.91 Å². The maximum absolute atomic E-state index is 12.6. The van der Waals surface area contributed by atoms with Crippen molar-refractivity contribution in [3.8, 4) is 5.69 Å². The fraction of sp³-hybridized carbons (Fsp3) is 0.273. The second kappa shape index (κ2) is 9.98.